The lowest BCUT2D eigenvalue weighted by Gasteiger charge is -2.30. The second kappa shape index (κ2) is 5.54. The van der Waals surface area contributed by atoms with Gasteiger partial charge in [0.1, 0.15) is 0 Å². The van der Waals surface area contributed by atoms with Gasteiger partial charge in [0.05, 0.1) is 11.1 Å². The van der Waals surface area contributed by atoms with E-state index in [1.807, 2.05) is 6.07 Å². The van der Waals surface area contributed by atoms with Crippen LogP contribution in [0.2, 0.25) is 5.02 Å². The van der Waals surface area contributed by atoms with Crippen LogP contribution in [0.1, 0.15) is 23.2 Å². The minimum absolute atomic E-state index is 0.0537. The highest BCUT2D eigenvalue weighted by Gasteiger charge is 2.23. The van der Waals surface area contributed by atoms with Crippen LogP contribution < -0.4 is 0 Å². The van der Waals surface area contributed by atoms with Crippen LogP contribution >= 0.6 is 34.2 Å². The lowest BCUT2D eigenvalue weighted by atomic mass is 10.1. The Morgan fingerprint density at radius 1 is 1.53 bits per heavy atom. The summed E-state index contributed by atoms with van der Waals surface area (Å²) in [4.78, 5) is 13.8. The van der Waals surface area contributed by atoms with Crippen molar-refractivity contribution in [1.29, 1.82) is 0 Å². The maximum absolute atomic E-state index is 12.2. The van der Waals surface area contributed by atoms with Gasteiger partial charge in [0.25, 0.3) is 5.91 Å². The summed E-state index contributed by atoms with van der Waals surface area (Å²) in [5.74, 6) is -0.0537. The minimum atomic E-state index is -0.396. The zero-order valence-corrected chi connectivity index (χ0v) is 12.1. The van der Waals surface area contributed by atoms with Crippen molar-refractivity contribution < 1.29 is 9.90 Å². The van der Waals surface area contributed by atoms with E-state index in [1.54, 1.807) is 17.0 Å². The van der Waals surface area contributed by atoms with Gasteiger partial charge in [-0.25, -0.2) is 0 Å². The standard InChI is InChI=1S/C12H13ClINO2/c13-10-6-8(3-4-11(10)14)12(17)15-5-1-2-9(16)7-15/h3-4,6,9,16H,1-2,5,7H2. The first-order chi connectivity index (χ1) is 8.08. The van der Waals surface area contributed by atoms with Crippen molar-refractivity contribution in [3.05, 3.63) is 32.4 Å². The zero-order valence-electron chi connectivity index (χ0n) is 9.20. The van der Waals surface area contributed by atoms with Gasteiger partial charge in [0.15, 0.2) is 0 Å². The number of β-amino-alcohol motifs (C(OH)–C–C–N with tert-alkyl or cyclic N) is 1. The molecule has 0 spiro atoms. The number of carbonyl (C=O) groups is 1. The monoisotopic (exact) mass is 365 g/mol. The number of piperidine rings is 1. The van der Waals surface area contributed by atoms with E-state index in [0.29, 0.717) is 23.7 Å². The summed E-state index contributed by atoms with van der Waals surface area (Å²) in [6, 6.07) is 5.29. The maximum Gasteiger partial charge on any atom is 0.253 e. The number of hydrogen-bond donors (Lipinski definition) is 1. The van der Waals surface area contributed by atoms with Crippen LogP contribution in [-0.4, -0.2) is 35.1 Å². The number of likely N-dealkylation sites (tertiary alicyclic amines) is 1. The highest BCUT2D eigenvalue weighted by Crippen LogP contribution is 2.21. The summed E-state index contributed by atoms with van der Waals surface area (Å²) in [5.41, 5.74) is 0.588. The quantitative estimate of drug-likeness (QED) is 0.777. The second-order valence-corrected chi connectivity index (χ2v) is 5.75. The van der Waals surface area contributed by atoms with Crippen molar-refractivity contribution in [2.45, 2.75) is 18.9 Å². The number of aliphatic hydroxyl groups is 1. The van der Waals surface area contributed by atoms with E-state index in [4.69, 9.17) is 11.6 Å². The molecule has 0 radical (unpaired) electrons. The summed E-state index contributed by atoms with van der Waals surface area (Å²) in [6.07, 6.45) is 1.23. The van der Waals surface area contributed by atoms with Gasteiger partial charge < -0.3 is 10.0 Å². The van der Waals surface area contributed by atoms with Gasteiger partial charge in [-0.2, -0.15) is 0 Å². The van der Waals surface area contributed by atoms with E-state index in [0.717, 1.165) is 16.4 Å². The number of halogens is 2. The Kier molecular flexibility index (Phi) is 4.27. The van der Waals surface area contributed by atoms with Crippen molar-refractivity contribution in [1.82, 2.24) is 4.90 Å². The molecule has 1 heterocycles. The van der Waals surface area contributed by atoms with Crippen LogP contribution in [0.25, 0.3) is 0 Å². The first-order valence-corrected chi connectivity index (χ1v) is 6.96. The molecule has 1 fully saturated rings. The van der Waals surface area contributed by atoms with Crippen LogP contribution in [0.3, 0.4) is 0 Å². The lowest BCUT2D eigenvalue weighted by molar-refractivity contribution is 0.0474. The molecule has 1 aromatic carbocycles. The topological polar surface area (TPSA) is 40.5 Å². The Morgan fingerprint density at radius 2 is 2.29 bits per heavy atom. The van der Waals surface area contributed by atoms with E-state index in [9.17, 15) is 9.90 Å². The van der Waals surface area contributed by atoms with Crippen molar-refractivity contribution in [3.63, 3.8) is 0 Å². The van der Waals surface area contributed by atoms with E-state index in [1.165, 1.54) is 0 Å². The molecular weight excluding hydrogens is 352 g/mol. The summed E-state index contributed by atoms with van der Waals surface area (Å²) in [5, 5.41) is 10.1. The van der Waals surface area contributed by atoms with Crippen LogP contribution in [0, 0.1) is 3.57 Å². The average molecular weight is 366 g/mol. The Labute approximate surface area is 119 Å². The molecule has 0 aliphatic carbocycles. The molecule has 1 unspecified atom stereocenters. The molecule has 5 heteroatoms. The second-order valence-electron chi connectivity index (χ2n) is 4.18. The van der Waals surface area contributed by atoms with Gasteiger partial charge in [-0.15, -0.1) is 0 Å². The summed E-state index contributed by atoms with van der Waals surface area (Å²) < 4.78 is 0.930. The third-order valence-electron chi connectivity index (χ3n) is 2.85. The smallest absolute Gasteiger partial charge is 0.253 e. The fourth-order valence-corrected chi connectivity index (χ4v) is 2.47. The van der Waals surface area contributed by atoms with Gasteiger partial charge in [0, 0.05) is 22.2 Å². The van der Waals surface area contributed by atoms with E-state index >= 15 is 0 Å². The molecule has 1 N–H and O–H groups in total. The number of carbonyl (C=O) groups excluding carboxylic acids is 1. The fourth-order valence-electron chi connectivity index (χ4n) is 1.95. The molecule has 1 aromatic rings. The minimum Gasteiger partial charge on any atom is -0.391 e. The summed E-state index contributed by atoms with van der Waals surface area (Å²) in [6.45, 7) is 1.13. The number of hydrogen-bond acceptors (Lipinski definition) is 2. The molecule has 0 saturated carbocycles. The number of amides is 1. The third-order valence-corrected chi connectivity index (χ3v) is 4.42. The molecule has 92 valence electrons. The molecular formula is C12H13ClINO2. The number of aliphatic hydroxyl groups excluding tert-OH is 1. The normalized spacial score (nSPS) is 20.4. The van der Waals surface area contributed by atoms with E-state index < -0.39 is 6.10 Å². The van der Waals surface area contributed by atoms with Crippen LogP contribution in [0.5, 0.6) is 0 Å². The van der Waals surface area contributed by atoms with Crippen LogP contribution in [-0.2, 0) is 0 Å². The molecule has 1 atom stereocenters. The maximum atomic E-state index is 12.2. The molecule has 1 saturated heterocycles. The number of nitrogens with zero attached hydrogens (tertiary/aromatic N) is 1. The SMILES string of the molecule is O=C(c1ccc(I)c(Cl)c1)N1CCCC(O)C1. The largest absolute Gasteiger partial charge is 0.391 e. The Balaban J connectivity index is 2.15. The number of benzene rings is 1. The predicted molar refractivity (Wildman–Crippen MR) is 75.3 cm³/mol. The highest BCUT2D eigenvalue weighted by atomic mass is 127. The molecule has 2 rings (SSSR count). The fraction of sp³-hybridized carbons (Fsp3) is 0.417. The van der Waals surface area contributed by atoms with Crippen molar-refractivity contribution >= 4 is 40.1 Å². The first kappa shape index (κ1) is 13.1. The van der Waals surface area contributed by atoms with Gasteiger partial charge in [-0.3, -0.25) is 4.79 Å². The van der Waals surface area contributed by atoms with E-state index in [-0.39, 0.29) is 5.91 Å². The average Bonchev–Trinajstić information content (AvgIpc) is 2.32. The summed E-state index contributed by atoms with van der Waals surface area (Å²) >= 11 is 8.12. The zero-order chi connectivity index (χ0) is 12.4. The van der Waals surface area contributed by atoms with Gasteiger partial charge in [0.2, 0.25) is 0 Å². The lowest BCUT2D eigenvalue weighted by Crippen LogP contribution is -2.42. The molecule has 1 aliphatic heterocycles. The molecule has 17 heavy (non-hydrogen) atoms. The first-order valence-electron chi connectivity index (χ1n) is 5.50. The molecule has 3 nitrogen and oxygen atoms in total. The van der Waals surface area contributed by atoms with Crippen molar-refractivity contribution in [2.24, 2.45) is 0 Å². The molecule has 0 aromatic heterocycles. The van der Waals surface area contributed by atoms with Crippen molar-refractivity contribution in [3.8, 4) is 0 Å². The Morgan fingerprint density at radius 3 is 2.94 bits per heavy atom. The molecule has 1 aliphatic rings. The summed E-state index contributed by atoms with van der Waals surface area (Å²) in [7, 11) is 0. The van der Waals surface area contributed by atoms with Gasteiger partial charge in [-0.05, 0) is 53.6 Å². The third kappa shape index (κ3) is 3.11. The van der Waals surface area contributed by atoms with Gasteiger partial charge in [-0.1, -0.05) is 11.6 Å². The number of rotatable bonds is 1. The molecule has 0 bridgehead atoms. The van der Waals surface area contributed by atoms with Crippen molar-refractivity contribution in [2.75, 3.05) is 13.1 Å². The Hall–Kier alpha value is -0.330. The van der Waals surface area contributed by atoms with E-state index in [2.05, 4.69) is 22.6 Å². The predicted octanol–water partition coefficient (Wildman–Crippen LogP) is 2.54. The van der Waals surface area contributed by atoms with Gasteiger partial charge >= 0.3 is 0 Å². The molecule has 1 amide bonds. The highest BCUT2D eigenvalue weighted by molar-refractivity contribution is 14.1. The van der Waals surface area contributed by atoms with Crippen LogP contribution in [0.15, 0.2) is 18.2 Å². The van der Waals surface area contributed by atoms with Crippen LogP contribution in [0.4, 0.5) is 0 Å². The Bertz CT molecular complexity index is 439.